The van der Waals surface area contributed by atoms with Gasteiger partial charge >= 0.3 is 6.61 Å². The zero-order chi connectivity index (χ0) is 18.5. The van der Waals surface area contributed by atoms with Crippen LogP contribution < -0.4 is 20.3 Å². The Morgan fingerprint density at radius 2 is 2.00 bits per heavy atom. The molecule has 2 unspecified atom stereocenters. The number of halogens is 3. The fourth-order valence-corrected chi connectivity index (χ4v) is 3.48. The number of amides is 2. The van der Waals surface area contributed by atoms with Crippen LogP contribution in [0.4, 0.5) is 14.5 Å². The van der Waals surface area contributed by atoms with Crippen molar-refractivity contribution in [2.24, 2.45) is 0 Å². The van der Waals surface area contributed by atoms with Crippen LogP contribution in [0.2, 0.25) is 0 Å². The van der Waals surface area contributed by atoms with Crippen LogP contribution in [0, 0.1) is 0 Å². The number of piperidine rings is 1. The van der Waals surface area contributed by atoms with E-state index in [4.69, 9.17) is 0 Å². The molecule has 3 rings (SSSR count). The molecule has 2 heterocycles. The fourth-order valence-electron chi connectivity index (χ4n) is 3.48. The lowest BCUT2D eigenvalue weighted by atomic mass is 10.0. The van der Waals surface area contributed by atoms with Crippen molar-refractivity contribution in [3.8, 4) is 5.75 Å². The summed E-state index contributed by atoms with van der Waals surface area (Å²) in [5.74, 6) is -0.251. The van der Waals surface area contributed by atoms with Crippen molar-refractivity contribution >= 4 is 29.9 Å². The quantitative estimate of drug-likeness (QED) is 0.765. The minimum absolute atomic E-state index is 0. The van der Waals surface area contributed by atoms with Gasteiger partial charge in [0, 0.05) is 24.7 Å². The molecule has 0 radical (unpaired) electrons. The average molecular weight is 404 g/mol. The summed E-state index contributed by atoms with van der Waals surface area (Å²) in [7, 11) is 0. The Morgan fingerprint density at radius 3 is 2.63 bits per heavy atom. The number of carbonyl (C=O) groups is 2. The minimum Gasteiger partial charge on any atom is -0.435 e. The molecule has 2 fully saturated rings. The van der Waals surface area contributed by atoms with Gasteiger partial charge in [-0.05, 0) is 56.5 Å². The Hall–Kier alpha value is -1.93. The first-order valence-corrected chi connectivity index (χ1v) is 8.92. The Morgan fingerprint density at radius 1 is 1.26 bits per heavy atom. The topological polar surface area (TPSA) is 70.7 Å². The lowest BCUT2D eigenvalue weighted by molar-refractivity contribution is -0.128. The van der Waals surface area contributed by atoms with Gasteiger partial charge in [0.05, 0.1) is 0 Å². The smallest absolute Gasteiger partial charge is 0.387 e. The molecule has 1 aromatic carbocycles. The van der Waals surface area contributed by atoms with Crippen LogP contribution in [0.15, 0.2) is 24.3 Å². The van der Waals surface area contributed by atoms with E-state index in [1.165, 1.54) is 12.1 Å². The van der Waals surface area contributed by atoms with Crippen LogP contribution in [-0.4, -0.2) is 43.6 Å². The Bertz CT molecular complexity index is 639. The molecule has 0 spiro atoms. The molecule has 0 aromatic heterocycles. The molecule has 0 aliphatic carbocycles. The Balaban J connectivity index is 0.00000261. The van der Waals surface area contributed by atoms with Crippen molar-refractivity contribution in [1.82, 2.24) is 10.6 Å². The Kier molecular flexibility index (Phi) is 7.79. The second-order valence-corrected chi connectivity index (χ2v) is 6.62. The zero-order valence-electron chi connectivity index (χ0n) is 14.8. The van der Waals surface area contributed by atoms with Gasteiger partial charge in [-0.2, -0.15) is 8.78 Å². The molecule has 2 N–H and O–H groups in total. The first-order chi connectivity index (χ1) is 12.5. The van der Waals surface area contributed by atoms with E-state index in [2.05, 4.69) is 15.4 Å². The third kappa shape index (κ3) is 5.77. The number of benzene rings is 1. The molecule has 2 saturated heterocycles. The molecule has 2 amide bonds. The molecule has 2 aliphatic rings. The van der Waals surface area contributed by atoms with Gasteiger partial charge in [0.2, 0.25) is 11.8 Å². The number of nitrogens with zero attached hydrogens (tertiary/aromatic N) is 1. The Labute approximate surface area is 163 Å². The van der Waals surface area contributed by atoms with Crippen molar-refractivity contribution in [2.45, 2.75) is 50.8 Å². The summed E-state index contributed by atoms with van der Waals surface area (Å²) in [6.07, 6.45) is 3.79. The highest BCUT2D eigenvalue weighted by Gasteiger charge is 2.31. The average Bonchev–Trinajstić information content (AvgIpc) is 3.10. The summed E-state index contributed by atoms with van der Waals surface area (Å²) in [4.78, 5) is 26.5. The molecule has 1 aromatic rings. The van der Waals surface area contributed by atoms with Crippen molar-refractivity contribution in [3.63, 3.8) is 0 Å². The van der Waals surface area contributed by atoms with Crippen LogP contribution in [-0.2, 0) is 9.59 Å². The predicted molar refractivity (Wildman–Crippen MR) is 99.5 cm³/mol. The first kappa shape index (κ1) is 21.4. The van der Waals surface area contributed by atoms with Gasteiger partial charge in [0.15, 0.2) is 0 Å². The molecular formula is C18H24ClF2N3O3. The lowest BCUT2D eigenvalue weighted by Gasteiger charge is -2.33. The number of hydrogen-bond acceptors (Lipinski definition) is 4. The molecule has 2 aliphatic heterocycles. The highest BCUT2D eigenvalue weighted by atomic mass is 35.5. The summed E-state index contributed by atoms with van der Waals surface area (Å²) in [6.45, 7) is -1.42. The highest BCUT2D eigenvalue weighted by Crippen LogP contribution is 2.24. The van der Waals surface area contributed by atoms with Gasteiger partial charge < -0.3 is 20.3 Å². The molecule has 150 valence electrons. The van der Waals surface area contributed by atoms with Crippen LogP contribution in [0.5, 0.6) is 5.75 Å². The van der Waals surface area contributed by atoms with Gasteiger partial charge in [0.25, 0.3) is 0 Å². The minimum atomic E-state index is -2.88. The number of alkyl halides is 2. The van der Waals surface area contributed by atoms with Gasteiger partial charge in [-0.1, -0.05) is 0 Å². The van der Waals surface area contributed by atoms with Crippen molar-refractivity contribution < 1.29 is 23.1 Å². The van der Waals surface area contributed by atoms with E-state index in [-0.39, 0.29) is 36.0 Å². The van der Waals surface area contributed by atoms with E-state index in [0.29, 0.717) is 25.1 Å². The standard InChI is InChI=1S/C18H23F2N3O3.ClH/c19-18(20)26-14-7-5-13(6-8-14)23-10-2-4-15(17(23)25)22-16(24)11-12-3-1-9-21-12;/h5-8,12,15,18,21H,1-4,9-11H2,(H,22,24);1H. The number of nitrogens with one attached hydrogen (secondary N) is 2. The van der Waals surface area contributed by atoms with Gasteiger partial charge in [0.1, 0.15) is 11.8 Å². The van der Waals surface area contributed by atoms with Gasteiger partial charge in [-0.3, -0.25) is 9.59 Å². The third-order valence-corrected chi connectivity index (χ3v) is 4.74. The fraction of sp³-hybridized carbons (Fsp3) is 0.556. The summed E-state index contributed by atoms with van der Waals surface area (Å²) in [5, 5.41) is 6.11. The number of carbonyl (C=O) groups excluding carboxylic acids is 2. The molecule has 0 saturated carbocycles. The molecule has 0 bridgehead atoms. The van der Waals surface area contributed by atoms with E-state index in [1.807, 2.05) is 0 Å². The van der Waals surface area contributed by atoms with Crippen LogP contribution in [0.25, 0.3) is 0 Å². The third-order valence-electron chi connectivity index (χ3n) is 4.74. The van der Waals surface area contributed by atoms with Gasteiger partial charge in [-0.25, -0.2) is 0 Å². The first-order valence-electron chi connectivity index (χ1n) is 8.92. The van der Waals surface area contributed by atoms with Crippen LogP contribution in [0.1, 0.15) is 32.1 Å². The second-order valence-electron chi connectivity index (χ2n) is 6.62. The molecular weight excluding hydrogens is 380 g/mol. The zero-order valence-corrected chi connectivity index (χ0v) is 15.6. The number of rotatable bonds is 6. The van der Waals surface area contributed by atoms with Crippen LogP contribution in [0.3, 0.4) is 0 Å². The summed E-state index contributed by atoms with van der Waals surface area (Å²) < 4.78 is 28.8. The largest absolute Gasteiger partial charge is 0.435 e. The predicted octanol–water partition coefficient (Wildman–Crippen LogP) is 2.46. The normalized spacial score (nSPS) is 22.5. The van der Waals surface area contributed by atoms with Gasteiger partial charge in [-0.15, -0.1) is 12.4 Å². The molecule has 2 atom stereocenters. The molecule has 27 heavy (non-hydrogen) atoms. The van der Waals surface area contributed by atoms with E-state index >= 15 is 0 Å². The number of ether oxygens (including phenoxy) is 1. The van der Waals surface area contributed by atoms with E-state index in [9.17, 15) is 18.4 Å². The second kappa shape index (κ2) is 9.85. The summed E-state index contributed by atoms with van der Waals surface area (Å²) >= 11 is 0. The number of hydrogen-bond donors (Lipinski definition) is 2. The number of anilines is 1. The van der Waals surface area contributed by atoms with E-state index in [0.717, 1.165) is 25.8 Å². The monoisotopic (exact) mass is 403 g/mol. The maximum atomic E-state index is 12.7. The van der Waals surface area contributed by atoms with Crippen molar-refractivity contribution in [1.29, 1.82) is 0 Å². The van der Waals surface area contributed by atoms with Crippen molar-refractivity contribution in [2.75, 3.05) is 18.0 Å². The maximum absolute atomic E-state index is 12.7. The lowest BCUT2D eigenvalue weighted by Crippen LogP contribution is -2.53. The summed E-state index contributed by atoms with van der Waals surface area (Å²) in [6, 6.07) is 5.59. The van der Waals surface area contributed by atoms with E-state index in [1.54, 1.807) is 17.0 Å². The molecule has 9 heteroatoms. The summed E-state index contributed by atoms with van der Waals surface area (Å²) in [5.41, 5.74) is 0.605. The SMILES string of the molecule is Cl.O=C(CC1CCCN1)NC1CCCN(c2ccc(OC(F)F)cc2)C1=O. The highest BCUT2D eigenvalue weighted by molar-refractivity contribution is 6.00. The van der Waals surface area contributed by atoms with E-state index < -0.39 is 12.7 Å². The maximum Gasteiger partial charge on any atom is 0.387 e. The van der Waals surface area contributed by atoms with Crippen molar-refractivity contribution in [3.05, 3.63) is 24.3 Å². The van der Waals surface area contributed by atoms with Crippen LogP contribution >= 0.6 is 12.4 Å². The molecule has 6 nitrogen and oxygen atoms in total.